The lowest BCUT2D eigenvalue weighted by Gasteiger charge is -1.99. The maximum atomic E-state index is 11.8. The van der Waals surface area contributed by atoms with Crippen LogP contribution < -0.4 is 5.43 Å². The van der Waals surface area contributed by atoms with Crippen LogP contribution in [0.25, 0.3) is 0 Å². The summed E-state index contributed by atoms with van der Waals surface area (Å²) >= 11 is 9.80. The number of halogens is 3. The number of rotatable bonds is 3. The molecule has 0 saturated heterocycles. The second-order valence-electron chi connectivity index (χ2n) is 3.48. The Morgan fingerprint density at radius 2 is 2.05 bits per heavy atom. The van der Waals surface area contributed by atoms with Crippen molar-refractivity contribution in [2.24, 2.45) is 5.10 Å². The number of nitrogens with zero attached hydrogens (tertiary/aromatic N) is 1. The molecule has 2 aromatic rings. The fourth-order valence-corrected chi connectivity index (χ4v) is 2.28. The second kappa shape index (κ2) is 6.49. The first-order valence-corrected chi connectivity index (χ1v) is 7.48. The second-order valence-corrected chi connectivity index (χ2v) is 5.97. The zero-order valence-corrected chi connectivity index (χ0v) is 14.1. The third-order valence-electron chi connectivity index (χ3n) is 2.11. The van der Waals surface area contributed by atoms with Gasteiger partial charge in [0.05, 0.1) is 10.7 Å². The van der Waals surface area contributed by atoms with Crippen molar-refractivity contribution in [3.05, 3.63) is 55.3 Å². The van der Waals surface area contributed by atoms with Gasteiger partial charge >= 0.3 is 0 Å². The minimum Gasteiger partial charge on any atom is -0.447 e. The summed E-state index contributed by atoms with van der Waals surface area (Å²) in [4.78, 5) is 11.8. The van der Waals surface area contributed by atoms with Gasteiger partial charge in [0.1, 0.15) is 5.76 Å². The predicted octanol–water partition coefficient (Wildman–Crippen LogP) is 4.33. The number of hydrazone groups is 1. The summed E-state index contributed by atoms with van der Waals surface area (Å²) in [7, 11) is 0. The van der Waals surface area contributed by atoms with E-state index in [2.05, 4.69) is 58.3 Å². The van der Waals surface area contributed by atoms with Crippen LogP contribution in [-0.2, 0) is 0 Å². The van der Waals surface area contributed by atoms with Crippen LogP contribution >= 0.6 is 47.8 Å². The summed E-state index contributed by atoms with van der Waals surface area (Å²) < 4.78 is 7.48. The van der Waals surface area contributed by atoms with E-state index in [1.807, 2.05) is 6.07 Å². The molecule has 1 N–H and O–H groups in total. The van der Waals surface area contributed by atoms with E-state index in [9.17, 15) is 4.79 Å². The smallest absolute Gasteiger partial charge is 0.271 e. The van der Waals surface area contributed by atoms with Crippen LogP contribution in [0.2, 0.25) is 0 Å². The van der Waals surface area contributed by atoms with Gasteiger partial charge in [0, 0.05) is 16.1 Å². The first-order chi connectivity index (χ1) is 9.06. The van der Waals surface area contributed by atoms with Gasteiger partial charge in [-0.05, 0) is 50.1 Å². The molecule has 0 radical (unpaired) electrons. The van der Waals surface area contributed by atoms with E-state index in [1.54, 1.807) is 24.3 Å². The van der Waals surface area contributed by atoms with Crippen LogP contribution in [0, 0.1) is 0 Å². The van der Waals surface area contributed by atoms with Gasteiger partial charge in [-0.1, -0.05) is 22.0 Å². The maximum absolute atomic E-state index is 11.8. The molecule has 0 aliphatic carbocycles. The number of benzene rings is 1. The summed E-state index contributed by atoms with van der Waals surface area (Å²) in [5.74, 6) is 0.232. The SMILES string of the molecule is O=C(N/N=C\c1cc(Br)c(Br)o1)c1cccc(Br)c1. The van der Waals surface area contributed by atoms with Gasteiger partial charge in [0.25, 0.3) is 5.91 Å². The molecule has 0 atom stereocenters. The van der Waals surface area contributed by atoms with Crippen LogP contribution in [0.3, 0.4) is 0 Å². The number of nitrogens with one attached hydrogen (secondary N) is 1. The molecule has 7 heteroatoms. The number of carbonyl (C=O) groups is 1. The molecular weight excluding hydrogens is 444 g/mol. The Kier molecular flexibility index (Phi) is 4.95. The maximum Gasteiger partial charge on any atom is 0.271 e. The molecule has 1 aromatic carbocycles. The van der Waals surface area contributed by atoms with Crippen LogP contribution in [0.15, 0.2) is 53.5 Å². The number of hydrogen-bond acceptors (Lipinski definition) is 3. The lowest BCUT2D eigenvalue weighted by molar-refractivity contribution is 0.0955. The van der Waals surface area contributed by atoms with Gasteiger partial charge in [0.2, 0.25) is 0 Å². The molecule has 1 heterocycles. The molecule has 4 nitrogen and oxygen atoms in total. The monoisotopic (exact) mass is 448 g/mol. The quantitative estimate of drug-likeness (QED) is 0.559. The Balaban J connectivity index is 2.00. The first kappa shape index (κ1) is 14.5. The summed E-state index contributed by atoms with van der Waals surface area (Å²) in [6, 6.07) is 8.78. The molecule has 98 valence electrons. The van der Waals surface area contributed by atoms with Crippen molar-refractivity contribution in [3.63, 3.8) is 0 Å². The summed E-state index contributed by atoms with van der Waals surface area (Å²) in [6.07, 6.45) is 1.42. The van der Waals surface area contributed by atoms with Crippen molar-refractivity contribution in [1.82, 2.24) is 5.43 Å². The third-order valence-corrected chi connectivity index (χ3v) is 4.31. The molecule has 0 bridgehead atoms. The van der Waals surface area contributed by atoms with Gasteiger partial charge in [-0.25, -0.2) is 5.43 Å². The standard InChI is InChI=1S/C12H7Br3N2O2/c13-8-3-1-2-7(4-8)12(18)17-16-6-9-5-10(14)11(15)19-9/h1-6H,(H,17,18)/b16-6-. The average molecular weight is 451 g/mol. The molecule has 0 aliphatic rings. The summed E-state index contributed by atoms with van der Waals surface area (Å²) in [5.41, 5.74) is 2.94. The fraction of sp³-hybridized carbons (Fsp3) is 0. The minimum atomic E-state index is -0.290. The molecular formula is C12H7Br3N2O2. The van der Waals surface area contributed by atoms with Crippen molar-refractivity contribution in [2.45, 2.75) is 0 Å². The molecule has 19 heavy (non-hydrogen) atoms. The molecule has 2 rings (SSSR count). The highest BCUT2D eigenvalue weighted by molar-refractivity contribution is 9.13. The summed E-state index contributed by atoms with van der Waals surface area (Å²) in [6.45, 7) is 0. The van der Waals surface area contributed by atoms with Gasteiger partial charge in [0.15, 0.2) is 4.67 Å². The normalized spacial score (nSPS) is 10.9. The van der Waals surface area contributed by atoms with Crippen molar-refractivity contribution >= 4 is 59.9 Å². The first-order valence-electron chi connectivity index (χ1n) is 5.10. The number of amides is 1. The lowest BCUT2D eigenvalue weighted by Crippen LogP contribution is -2.17. The fourth-order valence-electron chi connectivity index (χ4n) is 1.28. The summed E-state index contributed by atoms with van der Waals surface area (Å²) in [5, 5.41) is 3.83. The van der Waals surface area contributed by atoms with Crippen LogP contribution in [0.1, 0.15) is 16.1 Å². The van der Waals surface area contributed by atoms with Gasteiger partial charge in [-0.3, -0.25) is 4.79 Å². The number of hydrogen-bond donors (Lipinski definition) is 1. The third kappa shape index (κ3) is 4.02. The highest BCUT2D eigenvalue weighted by Gasteiger charge is 2.05. The number of furan rings is 1. The molecule has 0 aliphatic heterocycles. The van der Waals surface area contributed by atoms with Crippen molar-refractivity contribution in [3.8, 4) is 0 Å². The molecule has 1 amide bonds. The van der Waals surface area contributed by atoms with Crippen LogP contribution in [0.5, 0.6) is 0 Å². The van der Waals surface area contributed by atoms with Gasteiger partial charge < -0.3 is 4.42 Å². The van der Waals surface area contributed by atoms with Gasteiger partial charge in [-0.2, -0.15) is 5.10 Å². The van der Waals surface area contributed by atoms with Crippen molar-refractivity contribution < 1.29 is 9.21 Å². The van der Waals surface area contributed by atoms with E-state index in [0.717, 1.165) is 8.95 Å². The van der Waals surface area contributed by atoms with Crippen LogP contribution in [0.4, 0.5) is 0 Å². The topological polar surface area (TPSA) is 54.6 Å². The highest BCUT2D eigenvalue weighted by Crippen LogP contribution is 2.25. The molecule has 0 fully saturated rings. The van der Waals surface area contributed by atoms with E-state index in [4.69, 9.17) is 4.42 Å². The molecule has 0 unspecified atom stereocenters. The Morgan fingerprint density at radius 1 is 1.26 bits per heavy atom. The van der Waals surface area contributed by atoms with Crippen LogP contribution in [-0.4, -0.2) is 12.1 Å². The van der Waals surface area contributed by atoms with Crippen molar-refractivity contribution in [1.29, 1.82) is 0 Å². The largest absolute Gasteiger partial charge is 0.447 e. The Bertz CT molecular complexity index is 618. The zero-order valence-electron chi connectivity index (χ0n) is 9.36. The van der Waals surface area contributed by atoms with Crippen molar-refractivity contribution in [2.75, 3.05) is 0 Å². The average Bonchev–Trinajstić information content (AvgIpc) is 2.68. The van der Waals surface area contributed by atoms with Gasteiger partial charge in [-0.15, -0.1) is 0 Å². The minimum absolute atomic E-state index is 0.290. The molecule has 0 saturated carbocycles. The van der Waals surface area contributed by atoms with E-state index in [0.29, 0.717) is 16.0 Å². The number of carbonyl (C=O) groups excluding carboxylic acids is 1. The lowest BCUT2D eigenvalue weighted by atomic mass is 10.2. The zero-order chi connectivity index (χ0) is 13.8. The van der Waals surface area contributed by atoms with E-state index >= 15 is 0 Å². The molecule has 1 aromatic heterocycles. The Hall–Kier alpha value is -0.920. The Morgan fingerprint density at radius 3 is 2.68 bits per heavy atom. The van der Waals surface area contributed by atoms with E-state index in [1.165, 1.54) is 6.21 Å². The van der Waals surface area contributed by atoms with E-state index < -0.39 is 0 Å². The van der Waals surface area contributed by atoms with E-state index in [-0.39, 0.29) is 5.91 Å². The highest BCUT2D eigenvalue weighted by atomic mass is 79.9. The predicted molar refractivity (Wildman–Crippen MR) is 83.3 cm³/mol. The Labute approximate surface area is 134 Å². The molecule has 0 spiro atoms.